The molecule has 2 rings (SSSR count). The normalized spacial score (nSPS) is 25.1. The summed E-state index contributed by atoms with van der Waals surface area (Å²) < 4.78 is 1.24. The maximum absolute atomic E-state index is 6.33. The Morgan fingerprint density at radius 3 is 3.00 bits per heavy atom. The second-order valence-electron chi connectivity index (χ2n) is 4.62. The Hall–Kier alpha value is -0.0000000000000000555. The van der Waals surface area contributed by atoms with E-state index in [-0.39, 0.29) is 0 Å². The van der Waals surface area contributed by atoms with Crippen molar-refractivity contribution in [2.45, 2.75) is 32.4 Å². The van der Waals surface area contributed by atoms with E-state index in [1.807, 2.05) is 6.07 Å². The first kappa shape index (κ1) is 13.4. The molecule has 1 N–H and O–H groups in total. The zero-order chi connectivity index (χ0) is 12.4. The van der Waals surface area contributed by atoms with Gasteiger partial charge < -0.3 is 10.2 Å². The molecule has 0 amide bonds. The van der Waals surface area contributed by atoms with Crippen molar-refractivity contribution >= 4 is 39.9 Å². The molecule has 1 fully saturated rings. The number of benzene rings is 1. The molecule has 0 aliphatic carbocycles. The Balaban J connectivity index is 2.31. The molecule has 2 unspecified atom stereocenters. The lowest BCUT2D eigenvalue weighted by Gasteiger charge is -2.41. The molecule has 4 heteroatoms. The van der Waals surface area contributed by atoms with Crippen molar-refractivity contribution in [2.24, 2.45) is 0 Å². The fourth-order valence-corrected chi connectivity index (χ4v) is 3.02. The van der Waals surface area contributed by atoms with Gasteiger partial charge in [-0.1, -0.05) is 18.5 Å². The lowest BCUT2D eigenvalue weighted by molar-refractivity contribution is 0.402. The molecule has 1 aliphatic heterocycles. The van der Waals surface area contributed by atoms with Crippen LogP contribution in [0.15, 0.2) is 18.2 Å². The summed E-state index contributed by atoms with van der Waals surface area (Å²) in [6.07, 6.45) is 1.14. The summed E-state index contributed by atoms with van der Waals surface area (Å²) in [5.41, 5.74) is 1.18. The molecule has 2 atom stereocenters. The van der Waals surface area contributed by atoms with Gasteiger partial charge in [-0.25, -0.2) is 0 Å². The van der Waals surface area contributed by atoms with E-state index in [2.05, 4.69) is 58.8 Å². The number of piperazine rings is 1. The first-order valence-corrected chi connectivity index (χ1v) is 7.52. The predicted octanol–water partition coefficient (Wildman–Crippen LogP) is 3.52. The molecule has 17 heavy (non-hydrogen) atoms. The maximum atomic E-state index is 6.33. The number of hydrogen-bond acceptors (Lipinski definition) is 2. The molecule has 0 saturated carbocycles. The lowest BCUT2D eigenvalue weighted by atomic mass is 10.1. The van der Waals surface area contributed by atoms with Crippen LogP contribution in [0.2, 0.25) is 5.02 Å². The summed E-state index contributed by atoms with van der Waals surface area (Å²) in [6.45, 7) is 6.52. The zero-order valence-electron chi connectivity index (χ0n) is 10.2. The monoisotopic (exact) mass is 364 g/mol. The summed E-state index contributed by atoms with van der Waals surface area (Å²) in [7, 11) is 0. The SMILES string of the molecule is CCC1CNC(C)CN1c1cc(I)ccc1Cl. The summed E-state index contributed by atoms with van der Waals surface area (Å²) in [6, 6.07) is 7.30. The molecule has 2 nitrogen and oxygen atoms in total. The van der Waals surface area contributed by atoms with Gasteiger partial charge in [-0.3, -0.25) is 0 Å². The fraction of sp³-hybridized carbons (Fsp3) is 0.538. The Labute approximate surface area is 122 Å². The van der Waals surface area contributed by atoms with Crippen LogP contribution >= 0.6 is 34.2 Å². The number of nitrogens with zero attached hydrogens (tertiary/aromatic N) is 1. The molecule has 0 radical (unpaired) electrons. The summed E-state index contributed by atoms with van der Waals surface area (Å²) in [5, 5.41) is 4.39. The van der Waals surface area contributed by atoms with Gasteiger partial charge in [0.25, 0.3) is 0 Å². The van der Waals surface area contributed by atoms with E-state index in [0.717, 1.165) is 24.5 Å². The van der Waals surface area contributed by atoms with Gasteiger partial charge in [0.1, 0.15) is 0 Å². The average Bonchev–Trinajstić information content (AvgIpc) is 2.32. The third-order valence-electron chi connectivity index (χ3n) is 3.30. The molecular weight excluding hydrogens is 347 g/mol. The Bertz CT molecular complexity index is 397. The largest absolute Gasteiger partial charge is 0.364 e. The van der Waals surface area contributed by atoms with Gasteiger partial charge in [-0.15, -0.1) is 0 Å². The number of nitrogens with one attached hydrogen (secondary N) is 1. The Morgan fingerprint density at radius 2 is 2.29 bits per heavy atom. The maximum Gasteiger partial charge on any atom is 0.0640 e. The van der Waals surface area contributed by atoms with Crippen LogP contribution in [0.4, 0.5) is 5.69 Å². The third kappa shape index (κ3) is 3.06. The van der Waals surface area contributed by atoms with Crippen LogP contribution in [-0.2, 0) is 0 Å². The highest BCUT2D eigenvalue weighted by atomic mass is 127. The number of hydrogen-bond donors (Lipinski definition) is 1. The van der Waals surface area contributed by atoms with Gasteiger partial charge >= 0.3 is 0 Å². The van der Waals surface area contributed by atoms with E-state index in [9.17, 15) is 0 Å². The van der Waals surface area contributed by atoms with Gasteiger partial charge in [-0.2, -0.15) is 0 Å². The van der Waals surface area contributed by atoms with Crippen LogP contribution in [-0.4, -0.2) is 25.2 Å². The summed E-state index contributed by atoms with van der Waals surface area (Å²) in [4.78, 5) is 2.45. The highest BCUT2D eigenvalue weighted by Gasteiger charge is 2.26. The van der Waals surface area contributed by atoms with Crippen LogP contribution < -0.4 is 10.2 Å². The summed E-state index contributed by atoms with van der Waals surface area (Å²) >= 11 is 8.68. The first-order valence-electron chi connectivity index (χ1n) is 6.07. The topological polar surface area (TPSA) is 15.3 Å². The second-order valence-corrected chi connectivity index (χ2v) is 6.27. The van der Waals surface area contributed by atoms with Crippen molar-refractivity contribution in [3.8, 4) is 0 Å². The Morgan fingerprint density at radius 1 is 1.53 bits per heavy atom. The van der Waals surface area contributed by atoms with E-state index < -0.39 is 0 Å². The highest BCUT2D eigenvalue weighted by molar-refractivity contribution is 14.1. The molecule has 0 bridgehead atoms. The highest BCUT2D eigenvalue weighted by Crippen LogP contribution is 2.30. The van der Waals surface area contributed by atoms with E-state index in [1.165, 1.54) is 9.26 Å². The van der Waals surface area contributed by atoms with Crippen molar-refractivity contribution in [2.75, 3.05) is 18.0 Å². The minimum absolute atomic E-state index is 0.520. The van der Waals surface area contributed by atoms with E-state index >= 15 is 0 Å². The van der Waals surface area contributed by atoms with E-state index in [0.29, 0.717) is 12.1 Å². The second kappa shape index (κ2) is 5.76. The van der Waals surface area contributed by atoms with Crippen molar-refractivity contribution in [3.05, 3.63) is 26.8 Å². The van der Waals surface area contributed by atoms with Gasteiger partial charge in [0.15, 0.2) is 0 Å². The van der Waals surface area contributed by atoms with E-state index in [4.69, 9.17) is 11.6 Å². The molecule has 1 aliphatic rings. The minimum atomic E-state index is 0.520. The lowest BCUT2D eigenvalue weighted by Crippen LogP contribution is -2.55. The van der Waals surface area contributed by atoms with Gasteiger partial charge in [0, 0.05) is 28.7 Å². The first-order chi connectivity index (χ1) is 8.11. The van der Waals surface area contributed by atoms with Crippen LogP contribution in [0.3, 0.4) is 0 Å². The minimum Gasteiger partial charge on any atom is -0.364 e. The van der Waals surface area contributed by atoms with Gasteiger partial charge in [-0.05, 0) is 54.1 Å². The standard InChI is InChI=1S/C13H18ClIN2/c1-3-11-7-16-9(2)8-17(11)13-6-10(15)4-5-12(13)14/h4-6,9,11,16H,3,7-8H2,1-2H3. The molecule has 1 heterocycles. The van der Waals surface area contributed by atoms with Crippen LogP contribution in [0.25, 0.3) is 0 Å². The molecule has 1 aromatic carbocycles. The molecule has 94 valence electrons. The van der Waals surface area contributed by atoms with Crippen LogP contribution in [0, 0.1) is 3.57 Å². The van der Waals surface area contributed by atoms with Crippen LogP contribution in [0.5, 0.6) is 0 Å². The average molecular weight is 365 g/mol. The van der Waals surface area contributed by atoms with Crippen LogP contribution in [0.1, 0.15) is 20.3 Å². The smallest absolute Gasteiger partial charge is 0.0640 e. The zero-order valence-corrected chi connectivity index (χ0v) is 13.1. The van der Waals surface area contributed by atoms with Gasteiger partial charge in [0.05, 0.1) is 10.7 Å². The van der Waals surface area contributed by atoms with Crippen molar-refractivity contribution in [1.29, 1.82) is 0 Å². The number of anilines is 1. The fourth-order valence-electron chi connectivity index (χ4n) is 2.32. The van der Waals surface area contributed by atoms with Crippen molar-refractivity contribution < 1.29 is 0 Å². The number of halogens is 2. The van der Waals surface area contributed by atoms with Crippen molar-refractivity contribution in [3.63, 3.8) is 0 Å². The van der Waals surface area contributed by atoms with Gasteiger partial charge in [0.2, 0.25) is 0 Å². The molecule has 1 aromatic rings. The molecule has 0 aromatic heterocycles. The molecule has 1 saturated heterocycles. The summed E-state index contributed by atoms with van der Waals surface area (Å²) in [5.74, 6) is 0. The van der Waals surface area contributed by atoms with E-state index in [1.54, 1.807) is 0 Å². The third-order valence-corrected chi connectivity index (χ3v) is 4.29. The quantitative estimate of drug-likeness (QED) is 0.808. The Kier molecular flexibility index (Phi) is 4.55. The molecule has 0 spiro atoms. The molecular formula is C13H18ClIN2. The predicted molar refractivity (Wildman–Crippen MR) is 83.1 cm³/mol. The van der Waals surface area contributed by atoms with Crippen molar-refractivity contribution in [1.82, 2.24) is 5.32 Å². The number of rotatable bonds is 2.